The van der Waals surface area contributed by atoms with Crippen LogP contribution in [-0.2, 0) is 6.42 Å². The number of aromatic nitrogens is 3. The number of halogens is 1. The predicted octanol–water partition coefficient (Wildman–Crippen LogP) is 2.98. The van der Waals surface area contributed by atoms with Crippen molar-refractivity contribution in [3.8, 4) is 11.5 Å². The zero-order valence-corrected chi connectivity index (χ0v) is 14.0. The van der Waals surface area contributed by atoms with Gasteiger partial charge in [-0.05, 0) is 48.7 Å². The number of rotatable bonds is 4. The van der Waals surface area contributed by atoms with Crippen LogP contribution in [0.25, 0.3) is 11.5 Å². The maximum absolute atomic E-state index is 13.0. The van der Waals surface area contributed by atoms with Crippen LogP contribution < -0.4 is 0 Å². The molecule has 1 aromatic carbocycles. The van der Waals surface area contributed by atoms with Crippen molar-refractivity contribution < 1.29 is 13.7 Å². The van der Waals surface area contributed by atoms with Crippen molar-refractivity contribution in [2.45, 2.75) is 12.8 Å². The smallest absolute Gasteiger partial charge is 0.272 e. The second-order valence-corrected chi connectivity index (χ2v) is 6.35. The van der Waals surface area contributed by atoms with E-state index in [0.717, 1.165) is 6.42 Å². The number of likely N-dealkylation sites (tertiary alicyclic amines) is 1. The Morgan fingerprint density at radius 3 is 2.85 bits per heavy atom. The number of amides is 1. The topological polar surface area (TPSA) is 72.1 Å². The summed E-state index contributed by atoms with van der Waals surface area (Å²) < 4.78 is 18.3. The Kier molecular flexibility index (Phi) is 4.43. The van der Waals surface area contributed by atoms with E-state index in [1.807, 2.05) is 11.0 Å². The molecule has 0 saturated carbocycles. The summed E-state index contributed by atoms with van der Waals surface area (Å²) in [5, 5.41) is 4.01. The van der Waals surface area contributed by atoms with Gasteiger partial charge in [0.2, 0.25) is 0 Å². The van der Waals surface area contributed by atoms with E-state index in [0.29, 0.717) is 42.5 Å². The molecule has 132 valence electrons. The lowest BCUT2D eigenvalue weighted by Gasteiger charge is -2.15. The van der Waals surface area contributed by atoms with Gasteiger partial charge in [0.05, 0.1) is 0 Å². The molecule has 6 nitrogen and oxygen atoms in total. The van der Waals surface area contributed by atoms with E-state index in [1.165, 1.54) is 12.1 Å². The van der Waals surface area contributed by atoms with E-state index in [4.69, 9.17) is 4.52 Å². The highest BCUT2D eigenvalue weighted by molar-refractivity contribution is 5.92. The van der Waals surface area contributed by atoms with E-state index in [1.54, 1.807) is 30.5 Å². The van der Waals surface area contributed by atoms with Crippen molar-refractivity contribution in [1.82, 2.24) is 20.0 Å². The van der Waals surface area contributed by atoms with Crippen molar-refractivity contribution >= 4 is 5.91 Å². The Balaban J connectivity index is 1.38. The third-order valence-corrected chi connectivity index (χ3v) is 4.49. The van der Waals surface area contributed by atoms with Crippen LogP contribution in [0.1, 0.15) is 22.7 Å². The molecule has 1 atom stereocenters. The van der Waals surface area contributed by atoms with Crippen molar-refractivity contribution in [3.05, 3.63) is 66.0 Å². The van der Waals surface area contributed by atoms with Crippen molar-refractivity contribution in [1.29, 1.82) is 0 Å². The fraction of sp³-hybridized carbons (Fsp3) is 0.263. The van der Waals surface area contributed by atoms with Gasteiger partial charge in [-0.25, -0.2) is 4.39 Å². The van der Waals surface area contributed by atoms with Gasteiger partial charge in [0.15, 0.2) is 5.82 Å². The van der Waals surface area contributed by atoms with Crippen LogP contribution in [0, 0.1) is 11.7 Å². The number of carbonyl (C=O) groups excluding carboxylic acids is 1. The van der Waals surface area contributed by atoms with E-state index in [2.05, 4.69) is 15.1 Å². The first kappa shape index (κ1) is 16.4. The molecule has 0 radical (unpaired) electrons. The van der Waals surface area contributed by atoms with Crippen molar-refractivity contribution in [2.75, 3.05) is 13.1 Å². The minimum Gasteiger partial charge on any atom is -0.337 e. The minimum absolute atomic E-state index is 0.0480. The van der Waals surface area contributed by atoms with Gasteiger partial charge in [0.1, 0.15) is 11.5 Å². The van der Waals surface area contributed by atoms with Gasteiger partial charge in [-0.15, -0.1) is 0 Å². The van der Waals surface area contributed by atoms with Gasteiger partial charge in [-0.2, -0.15) is 4.98 Å². The third-order valence-electron chi connectivity index (χ3n) is 4.49. The molecule has 2 aromatic heterocycles. The molecule has 3 aromatic rings. The lowest BCUT2D eigenvalue weighted by molar-refractivity contribution is 0.0781. The van der Waals surface area contributed by atoms with Crippen LogP contribution in [0.3, 0.4) is 0 Å². The zero-order chi connectivity index (χ0) is 17.9. The molecular weight excluding hydrogens is 335 g/mol. The molecule has 0 spiro atoms. The molecule has 1 saturated heterocycles. The summed E-state index contributed by atoms with van der Waals surface area (Å²) in [5.41, 5.74) is 1.15. The molecule has 4 rings (SSSR count). The van der Waals surface area contributed by atoms with Gasteiger partial charge in [-0.3, -0.25) is 9.78 Å². The highest BCUT2D eigenvalue weighted by Crippen LogP contribution is 2.23. The van der Waals surface area contributed by atoms with Crippen LogP contribution in [0.15, 0.2) is 53.2 Å². The van der Waals surface area contributed by atoms with E-state index < -0.39 is 0 Å². The third kappa shape index (κ3) is 3.46. The van der Waals surface area contributed by atoms with Crippen LogP contribution in [0.2, 0.25) is 0 Å². The fourth-order valence-electron chi connectivity index (χ4n) is 3.14. The van der Waals surface area contributed by atoms with E-state index in [-0.39, 0.29) is 17.6 Å². The number of nitrogens with zero attached hydrogens (tertiary/aromatic N) is 4. The second-order valence-electron chi connectivity index (χ2n) is 6.35. The van der Waals surface area contributed by atoms with Crippen molar-refractivity contribution in [3.63, 3.8) is 0 Å². The number of benzene rings is 1. The molecule has 1 amide bonds. The number of carbonyl (C=O) groups is 1. The largest absolute Gasteiger partial charge is 0.337 e. The van der Waals surface area contributed by atoms with Gasteiger partial charge in [0, 0.05) is 31.3 Å². The number of hydrogen-bond acceptors (Lipinski definition) is 5. The molecule has 0 aliphatic carbocycles. The second kappa shape index (κ2) is 7.03. The Morgan fingerprint density at radius 2 is 2.08 bits per heavy atom. The minimum atomic E-state index is -0.308. The predicted molar refractivity (Wildman–Crippen MR) is 91.6 cm³/mol. The van der Waals surface area contributed by atoms with Gasteiger partial charge in [0.25, 0.3) is 11.8 Å². The summed E-state index contributed by atoms with van der Waals surface area (Å²) in [6.07, 6.45) is 3.15. The summed E-state index contributed by atoms with van der Waals surface area (Å²) in [6, 6.07) is 11.3. The zero-order valence-electron chi connectivity index (χ0n) is 14.0. The molecule has 0 bridgehead atoms. The molecule has 1 aliphatic rings. The number of pyridine rings is 1. The normalized spacial score (nSPS) is 16.8. The quantitative estimate of drug-likeness (QED) is 0.722. The fourth-order valence-corrected chi connectivity index (χ4v) is 3.14. The molecule has 3 heterocycles. The first-order chi connectivity index (χ1) is 12.7. The van der Waals surface area contributed by atoms with Gasteiger partial charge >= 0.3 is 0 Å². The Labute approximate surface area is 149 Å². The van der Waals surface area contributed by atoms with Crippen LogP contribution in [-0.4, -0.2) is 39.0 Å². The summed E-state index contributed by atoms with van der Waals surface area (Å²) in [6.45, 7) is 1.35. The van der Waals surface area contributed by atoms with Crippen LogP contribution in [0.5, 0.6) is 0 Å². The molecule has 1 aliphatic heterocycles. The lowest BCUT2D eigenvalue weighted by atomic mass is 10.1. The molecule has 1 unspecified atom stereocenters. The summed E-state index contributed by atoms with van der Waals surface area (Å²) in [5.74, 6) is 0.896. The highest BCUT2D eigenvalue weighted by Gasteiger charge is 2.28. The maximum Gasteiger partial charge on any atom is 0.272 e. The molecule has 1 fully saturated rings. The Hall–Kier alpha value is -3.09. The molecule has 26 heavy (non-hydrogen) atoms. The van der Waals surface area contributed by atoms with Crippen LogP contribution in [0.4, 0.5) is 4.39 Å². The summed E-state index contributed by atoms with van der Waals surface area (Å²) in [4.78, 5) is 22.8. The average Bonchev–Trinajstić information content (AvgIpc) is 3.33. The van der Waals surface area contributed by atoms with Crippen molar-refractivity contribution in [2.24, 2.45) is 5.92 Å². The van der Waals surface area contributed by atoms with E-state index in [9.17, 15) is 9.18 Å². The standard InChI is InChI=1S/C19H17FN4O2/c20-15-6-4-14(5-7-15)18-22-17(23-26-18)11-13-8-10-24(12-13)19(25)16-3-1-2-9-21-16/h1-7,9,13H,8,10-12H2. The van der Waals surface area contributed by atoms with Gasteiger partial charge in [-0.1, -0.05) is 11.2 Å². The maximum atomic E-state index is 13.0. The first-order valence-electron chi connectivity index (χ1n) is 8.48. The summed E-state index contributed by atoms with van der Waals surface area (Å²) >= 11 is 0. The Morgan fingerprint density at radius 1 is 1.23 bits per heavy atom. The monoisotopic (exact) mass is 352 g/mol. The first-order valence-corrected chi connectivity index (χ1v) is 8.48. The molecule has 7 heteroatoms. The highest BCUT2D eigenvalue weighted by atomic mass is 19.1. The van der Waals surface area contributed by atoms with Crippen LogP contribution >= 0.6 is 0 Å². The Bertz CT molecular complexity index is 895. The lowest BCUT2D eigenvalue weighted by Crippen LogP contribution is -2.29. The average molecular weight is 352 g/mol. The number of hydrogen-bond donors (Lipinski definition) is 0. The summed E-state index contributed by atoms with van der Waals surface area (Å²) in [7, 11) is 0. The SMILES string of the molecule is O=C(c1ccccn1)N1CCC(Cc2noc(-c3ccc(F)cc3)n2)C1. The van der Waals surface area contributed by atoms with E-state index >= 15 is 0 Å². The molecule has 0 N–H and O–H groups in total. The van der Waals surface area contributed by atoms with Gasteiger partial charge < -0.3 is 9.42 Å². The molecular formula is C19H17FN4O2.